The number of nitrogens with one attached hydrogen (secondary N) is 1. The summed E-state index contributed by atoms with van der Waals surface area (Å²) >= 11 is 0. The number of hydrogen-bond donors (Lipinski definition) is 2. The van der Waals surface area contributed by atoms with E-state index in [1.54, 1.807) is 0 Å². The van der Waals surface area contributed by atoms with Gasteiger partial charge in [0.2, 0.25) is 10.0 Å². The van der Waals surface area contributed by atoms with Crippen LogP contribution in [0.15, 0.2) is 17.0 Å². The molecule has 7 heteroatoms. The minimum atomic E-state index is -4.07. The van der Waals surface area contributed by atoms with Gasteiger partial charge in [-0.05, 0) is 43.9 Å². The highest BCUT2D eigenvalue weighted by atomic mass is 32.2. The van der Waals surface area contributed by atoms with Crippen LogP contribution in [-0.4, -0.2) is 20.4 Å². The Bertz CT molecular complexity index is 669. The lowest BCUT2D eigenvalue weighted by Crippen LogP contribution is -2.33. The average molecular weight is 314 g/mol. The minimum absolute atomic E-state index is 0.00155. The van der Waals surface area contributed by atoms with E-state index in [9.17, 15) is 17.6 Å². The highest BCUT2D eigenvalue weighted by Crippen LogP contribution is 2.33. The molecule has 1 aliphatic carbocycles. The lowest BCUT2D eigenvalue weighted by Gasteiger charge is -2.15. The second-order valence-corrected chi connectivity index (χ2v) is 7.20. The van der Waals surface area contributed by atoms with Crippen LogP contribution in [0.1, 0.15) is 42.1 Å². The number of amides is 1. The van der Waals surface area contributed by atoms with Gasteiger partial charge in [0.1, 0.15) is 5.82 Å². The van der Waals surface area contributed by atoms with Crippen LogP contribution in [0.5, 0.6) is 0 Å². The highest BCUT2D eigenvalue weighted by molar-refractivity contribution is 7.89. The van der Waals surface area contributed by atoms with Crippen LogP contribution in [0, 0.1) is 18.7 Å². The average Bonchev–Trinajstić information content (AvgIpc) is 3.13. The molecule has 21 heavy (non-hydrogen) atoms. The van der Waals surface area contributed by atoms with Crippen LogP contribution in [0.3, 0.4) is 0 Å². The Morgan fingerprint density at radius 2 is 2.10 bits per heavy atom. The number of rotatable bonds is 5. The van der Waals surface area contributed by atoms with Crippen molar-refractivity contribution >= 4 is 15.9 Å². The van der Waals surface area contributed by atoms with Crippen LogP contribution in [0.25, 0.3) is 0 Å². The van der Waals surface area contributed by atoms with Gasteiger partial charge in [-0.3, -0.25) is 4.79 Å². The number of nitrogens with two attached hydrogens (primary N) is 1. The van der Waals surface area contributed by atoms with Gasteiger partial charge < -0.3 is 5.32 Å². The highest BCUT2D eigenvalue weighted by Gasteiger charge is 2.25. The van der Waals surface area contributed by atoms with E-state index in [-0.39, 0.29) is 22.1 Å². The maximum atomic E-state index is 13.6. The SMILES string of the molecule is Cc1c(C(=O)NC(C)CC2CC2)cc(F)cc1S(N)(=O)=O. The monoisotopic (exact) mass is 314 g/mol. The van der Waals surface area contributed by atoms with Crippen LogP contribution < -0.4 is 10.5 Å². The van der Waals surface area contributed by atoms with Gasteiger partial charge in [0.15, 0.2) is 0 Å². The molecule has 116 valence electrons. The molecule has 1 unspecified atom stereocenters. The van der Waals surface area contributed by atoms with Crippen molar-refractivity contribution in [3.05, 3.63) is 29.1 Å². The van der Waals surface area contributed by atoms with Crippen molar-refractivity contribution in [2.24, 2.45) is 11.1 Å². The number of sulfonamides is 1. The zero-order valence-corrected chi connectivity index (χ0v) is 12.8. The lowest BCUT2D eigenvalue weighted by molar-refractivity contribution is 0.0936. The summed E-state index contributed by atoms with van der Waals surface area (Å²) in [5.74, 6) is -0.636. The van der Waals surface area contributed by atoms with Gasteiger partial charge in [-0.2, -0.15) is 0 Å². The first kappa shape index (κ1) is 15.9. The first-order valence-corrected chi connectivity index (χ1v) is 8.37. The molecular formula is C14H19FN2O3S. The number of halogens is 1. The van der Waals surface area contributed by atoms with Crippen molar-refractivity contribution in [2.75, 3.05) is 0 Å². The van der Waals surface area contributed by atoms with E-state index >= 15 is 0 Å². The van der Waals surface area contributed by atoms with Crippen molar-refractivity contribution in [1.29, 1.82) is 0 Å². The molecule has 1 fully saturated rings. The third-order valence-electron chi connectivity index (χ3n) is 3.64. The van der Waals surface area contributed by atoms with Crippen molar-refractivity contribution in [3.8, 4) is 0 Å². The van der Waals surface area contributed by atoms with Crippen molar-refractivity contribution in [2.45, 2.75) is 44.0 Å². The molecule has 0 spiro atoms. The standard InChI is InChI=1S/C14H19FN2O3S/c1-8(5-10-3-4-10)17-14(18)12-6-11(15)7-13(9(12)2)21(16,19)20/h6-8,10H,3-5H2,1-2H3,(H,17,18)(H2,16,19,20). The fraction of sp³-hybridized carbons (Fsp3) is 0.500. The molecule has 1 aliphatic rings. The summed E-state index contributed by atoms with van der Waals surface area (Å²) in [7, 11) is -4.07. The molecule has 0 heterocycles. The Labute approximate surface area is 123 Å². The number of hydrogen-bond acceptors (Lipinski definition) is 3. The number of benzene rings is 1. The van der Waals surface area contributed by atoms with E-state index in [0.717, 1.165) is 18.6 Å². The van der Waals surface area contributed by atoms with Gasteiger partial charge in [0.05, 0.1) is 4.90 Å². The zero-order chi connectivity index (χ0) is 15.8. The van der Waals surface area contributed by atoms with Crippen molar-refractivity contribution in [1.82, 2.24) is 5.32 Å². The van der Waals surface area contributed by atoms with Crippen LogP contribution in [0.4, 0.5) is 4.39 Å². The molecule has 0 aliphatic heterocycles. The Balaban J connectivity index is 2.25. The van der Waals surface area contributed by atoms with E-state index in [4.69, 9.17) is 5.14 Å². The van der Waals surface area contributed by atoms with Gasteiger partial charge in [0.25, 0.3) is 5.91 Å². The molecule has 1 amide bonds. The maximum Gasteiger partial charge on any atom is 0.251 e. The van der Waals surface area contributed by atoms with Gasteiger partial charge >= 0.3 is 0 Å². The van der Waals surface area contributed by atoms with Crippen LogP contribution >= 0.6 is 0 Å². The normalized spacial score (nSPS) is 16.6. The van der Waals surface area contributed by atoms with Crippen molar-refractivity contribution < 1.29 is 17.6 Å². The largest absolute Gasteiger partial charge is 0.350 e. The zero-order valence-electron chi connectivity index (χ0n) is 12.0. The summed E-state index contributed by atoms with van der Waals surface area (Å²) in [4.78, 5) is 11.8. The fourth-order valence-corrected chi connectivity index (χ4v) is 3.21. The van der Waals surface area contributed by atoms with Gasteiger partial charge in [-0.15, -0.1) is 0 Å². The summed E-state index contributed by atoms with van der Waals surface area (Å²) < 4.78 is 36.4. The predicted molar refractivity (Wildman–Crippen MR) is 76.8 cm³/mol. The molecule has 1 atom stereocenters. The number of carbonyl (C=O) groups excluding carboxylic acids is 1. The quantitative estimate of drug-likeness (QED) is 0.867. The molecule has 2 rings (SSSR count). The van der Waals surface area contributed by atoms with E-state index < -0.39 is 21.7 Å². The van der Waals surface area contributed by atoms with Gasteiger partial charge in [-0.1, -0.05) is 12.8 Å². The molecule has 0 saturated heterocycles. The molecule has 0 aromatic heterocycles. The molecule has 1 saturated carbocycles. The molecule has 3 N–H and O–H groups in total. The van der Waals surface area contributed by atoms with E-state index in [1.807, 2.05) is 6.92 Å². The lowest BCUT2D eigenvalue weighted by atomic mass is 10.1. The predicted octanol–water partition coefficient (Wildman–Crippen LogP) is 1.70. The van der Waals surface area contributed by atoms with E-state index in [0.29, 0.717) is 5.92 Å². The first-order chi connectivity index (χ1) is 9.68. The van der Waals surface area contributed by atoms with Crippen LogP contribution in [-0.2, 0) is 10.0 Å². The Kier molecular flexibility index (Phi) is 4.34. The number of carbonyl (C=O) groups is 1. The fourth-order valence-electron chi connectivity index (χ4n) is 2.40. The summed E-state index contributed by atoms with van der Waals surface area (Å²) in [5, 5.41) is 7.82. The van der Waals surface area contributed by atoms with Gasteiger partial charge in [-0.25, -0.2) is 17.9 Å². The summed E-state index contributed by atoms with van der Waals surface area (Å²) in [6.45, 7) is 3.32. The first-order valence-electron chi connectivity index (χ1n) is 6.82. The molecule has 0 bridgehead atoms. The minimum Gasteiger partial charge on any atom is -0.350 e. The van der Waals surface area contributed by atoms with Gasteiger partial charge in [0, 0.05) is 11.6 Å². The summed E-state index contributed by atoms with van der Waals surface area (Å²) in [5.41, 5.74) is 0.164. The molecule has 5 nitrogen and oxygen atoms in total. The third-order valence-corrected chi connectivity index (χ3v) is 4.67. The Morgan fingerprint density at radius 1 is 1.48 bits per heavy atom. The molecule has 1 aromatic carbocycles. The van der Waals surface area contributed by atoms with E-state index in [1.165, 1.54) is 19.8 Å². The second-order valence-electron chi connectivity index (χ2n) is 5.68. The summed E-state index contributed by atoms with van der Waals surface area (Å²) in [6, 6.07) is 1.82. The smallest absolute Gasteiger partial charge is 0.251 e. The Hall–Kier alpha value is -1.47. The van der Waals surface area contributed by atoms with Crippen molar-refractivity contribution in [3.63, 3.8) is 0 Å². The molecular weight excluding hydrogens is 295 g/mol. The third kappa shape index (κ3) is 4.01. The topological polar surface area (TPSA) is 89.3 Å². The molecule has 0 radical (unpaired) electrons. The maximum absolute atomic E-state index is 13.6. The Morgan fingerprint density at radius 3 is 2.62 bits per heavy atom. The van der Waals surface area contributed by atoms with Crippen LogP contribution in [0.2, 0.25) is 0 Å². The molecule has 1 aromatic rings. The van der Waals surface area contributed by atoms with E-state index in [2.05, 4.69) is 5.32 Å². The summed E-state index contributed by atoms with van der Waals surface area (Å²) in [6.07, 6.45) is 3.23. The number of primary sulfonamides is 1. The second kappa shape index (κ2) is 5.73.